The Hall–Kier alpha value is -0.960. The number of fused-ring (bicyclic) bond motifs is 1. The Balaban J connectivity index is 1.88. The molecule has 0 aromatic heterocycles. The van der Waals surface area contributed by atoms with Crippen molar-refractivity contribution in [1.29, 1.82) is 0 Å². The van der Waals surface area contributed by atoms with E-state index in [1.54, 1.807) is 6.07 Å². The second-order valence-electron chi connectivity index (χ2n) is 5.18. The summed E-state index contributed by atoms with van der Waals surface area (Å²) in [6.07, 6.45) is 3.98. The van der Waals surface area contributed by atoms with Crippen LogP contribution in [0.3, 0.4) is 0 Å². The number of nitrogen functional groups attached to an aromatic ring is 1. The number of rotatable bonds is 1. The van der Waals surface area contributed by atoms with Gasteiger partial charge >= 0.3 is 0 Å². The maximum absolute atomic E-state index is 13.2. The second kappa shape index (κ2) is 4.05. The van der Waals surface area contributed by atoms with E-state index >= 15 is 0 Å². The monoisotopic (exact) mass is 254 g/mol. The number of benzene rings is 1. The van der Waals surface area contributed by atoms with Gasteiger partial charge in [-0.05, 0) is 30.7 Å². The van der Waals surface area contributed by atoms with Crippen LogP contribution in [0.2, 0.25) is 5.02 Å². The molecule has 1 aliphatic heterocycles. The van der Waals surface area contributed by atoms with E-state index in [1.807, 2.05) is 0 Å². The third-order valence-electron chi connectivity index (χ3n) is 4.14. The number of hydrogen-bond acceptors (Lipinski definition) is 2. The highest BCUT2D eigenvalue weighted by Crippen LogP contribution is 2.41. The minimum Gasteiger partial charge on any atom is -0.397 e. The molecule has 1 saturated heterocycles. The molecule has 1 aliphatic carbocycles. The summed E-state index contributed by atoms with van der Waals surface area (Å²) in [5.74, 6) is 1.14. The van der Waals surface area contributed by atoms with Crippen molar-refractivity contribution in [3.63, 3.8) is 0 Å². The molecule has 0 bridgehead atoms. The lowest BCUT2D eigenvalue weighted by Gasteiger charge is -2.21. The van der Waals surface area contributed by atoms with Crippen LogP contribution in [0, 0.1) is 17.7 Å². The summed E-state index contributed by atoms with van der Waals surface area (Å²) in [5.41, 5.74) is 7.27. The van der Waals surface area contributed by atoms with Crippen molar-refractivity contribution in [2.24, 2.45) is 11.8 Å². The van der Waals surface area contributed by atoms with Gasteiger partial charge in [0.2, 0.25) is 0 Å². The lowest BCUT2D eigenvalue weighted by molar-refractivity contribution is 0.494. The molecule has 2 nitrogen and oxygen atoms in total. The molecule has 2 N–H and O–H groups in total. The molecule has 2 aliphatic rings. The fraction of sp³-hybridized carbons (Fsp3) is 0.538. The minimum absolute atomic E-state index is 0.159. The second-order valence-corrected chi connectivity index (χ2v) is 5.59. The van der Waals surface area contributed by atoms with E-state index < -0.39 is 5.82 Å². The maximum Gasteiger partial charge on any atom is 0.143 e. The Kier molecular flexibility index (Phi) is 2.66. The Labute approximate surface area is 106 Å². The first kappa shape index (κ1) is 11.1. The van der Waals surface area contributed by atoms with Gasteiger partial charge < -0.3 is 10.6 Å². The van der Waals surface area contributed by atoms with Gasteiger partial charge in [0, 0.05) is 19.2 Å². The van der Waals surface area contributed by atoms with Gasteiger partial charge in [-0.2, -0.15) is 0 Å². The normalized spacial score (nSPS) is 27.5. The standard InChI is InChI=1S/C13H16ClFN2/c14-10-4-13(12(16)5-11(10)15)17-6-8-2-1-3-9(8)7-17/h4-5,8-9H,1-3,6-7,16H2. The first-order chi connectivity index (χ1) is 8.15. The largest absolute Gasteiger partial charge is 0.397 e. The SMILES string of the molecule is Nc1cc(F)c(Cl)cc1N1CC2CCCC2C1. The molecule has 17 heavy (non-hydrogen) atoms. The number of halogens is 2. The maximum atomic E-state index is 13.2. The van der Waals surface area contributed by atoms with Gasteiger partial charge in [-0.1, -0.05) is 18.0 Å². The Bertz CT molecular complexity index is 437. The third-order valence-corrected chi connectivity index (χ3v) is 4.43. The van der Waals surface area contributed by atoms with Gasteiger partial charge in [-0.3, -0.25) is 0 Å². The van der Waals surface area contributed by atoms with Crippen LogP contribution in [0.5, 0.6) is 0 Å². The van der Waals surface area contributed by atoms with Gasteiger partial charge in [-0.25, -0.2) is 4.39 Å². The minimum atomic E-state index is -0.438. The molecule has 1 saturated carbocycles. The summed E-state index contributed by atoms with van der Waals surface area (Å²) in [7, 11) is 0. The Morgan fingerprint density at radius 1 is 1.24 bits per heavy atom. The first-order valence-corrected chi connectivity index (χ1v) is 6.52. The molecule has 0 amide bonds. The molecule has 1 heterocycles. The molecule has 2 fully saturated rings. The van der Waals surface area contributed by atoms with Crippen LogP contribution in [0.15, 0.2) is 12.1 Å². The number of nitrogens with two attached hydrogens (primary N) is 1. The third kappa shape index (κ3) is 1.86. The van der Waals surface area contributed by atoms with Crippen molar-refractivity contribution in [3.05, 3.63) is 23.0 Å². The molecule has 0 radical (unpaired) electrons. The van der Waals surface area contributed by atoms with Gasteiger partial charge in [-0.15, -0.1) is 0 Å². The van der Waals surface area contributed by atoms with Crippen LogP contribution in [-0.2, 0) is 0 Å². The first-order valence-electron chi connectivity index (χ1n) is 6.14. The smallest absolute Gasteiger partial charge is 0.143 e. The van der Waals surface area contributed by atoms with Gasteiger partial charge in [0.05, 0.1) is 16.4 Å². The molecular formula is C13H16ClFN2. The fourth-order valence-corrected chi connectivity index (χ4v) is 3.42. The van der Waals surface area contributed by atoms with Crippen LogP contribution < -0.4 is 10.6 Å². The summed E-state index contributed by atoms with van der Waals surface area (Å²) in [5, 5.41) is 0.159. The Morgan fingerprint density at radius 2 is 1.88 bits per heavy atom. The van der Waals surface area contributed by atoms with Crippen molar-refractivity contribution >= 4 is 23.0 Å². The van der Waals surface area contributed by atoms with Crippen molar-refractivity contribution in [2.75, 3.05) is 23.7 Å². The average molecular weight is 255 g/mol. The fourth-order valence-electron chi connectivity index (χ4n) is 3.26. The summed E-state index contributed by atoms with van der Waals surface area (Å²) in [6.45, 7) is 2.08. The highest BCUT2D eigenvalue weighted by atomic mass is 35.5. The van der Waals surface area contributed by atoms with E-state index in [0.29, 0.717) is 5.69 Å². The van der Waals surface area contributed by atoms with Crippen LogP contribution in [0.4, 0.5) is 15.8 Å². The van der Waals surface area contributed by atoms with Gasteiger partial charge in [0.25, 0.3) is 0 Å². The highest BCUT2D eigenvalue weighted by molar-refractivity contribution is 6.31. The molecule has 92 valence electrons. The zero-order chi connectivity index (χ0) is 12.0. The van der Waals surface area contributed by atoms with E-state index in [0.717, 1.165) is 30.6 Å². The van der Waals surface area contributed by atoms with Crippen molar-refractivity contribution in [2.45, 2.75) is 19.3 Å². The number of hydrogen-bond donors (Lipinski definition) is 1. The van der Waals surface area contributed by atoms with E-state index in [9.17, 15) is 4.39 Å². The lowest BCUT2D eigenvalue weighted by atomic mass is 10.0. The van der Waals surface area contributed by atoms with Crippen LogP contribution in [0.1, 0.15) is 19.3 Å². The summed E-state index contributed by atoms with van der Waals surface area (Å²) >= 11 is 5.83. The molecular weight excluding hydrogens is 239 g/mol. The number of anilines is 2. The Morgan fingerprint density at radius 3 is 2.53 bits per heavy atom. The van der Waals surface area contributed by atoms with Crippen LogP contribution in [-0.4, -0.2) is 13.1 Å². The molecule has 1 aromatic rings. The number of nitrogens with zero attached hydrogens (tertiary/aromatic N) is 1. The molecule has 4 heteroatoms. The summed E-state index contributed by atoms with van der Waals surface area (Å²) in [4.78, 5) is 2.26. The van der Waals surface area contributed by atoms with Crippen molar-refractivity contribution < 1.29 is 4.39 Å². The van der Waals surface area contributed by atoms with E-state index in [4.69, 9.17) is 17.3 Å². The zero-order valence-corrected chi connectivity index (χ0v) is 10.4. The lowest BCUT2D eigenvalue weighted by Crippen LogP contribution is -2.22. The molecule has 1 aromatic carbocycles. The van der Waals surface area contributed by atoms with Crippen LogP contribution in [0.25, 0.3) is 0 Å². The molecule has 2 atom stereocenters. The van der Waals surface area contributed by atoms with Gasteiger partial charge in [0.1, 0.15) is 5.82 Å². The van der Waals surface area contributed by atoms with E-state index in [2.05, 4.69) is 4.90 Å². The van der Waals surface area contributed by atoms with Crippen molar-refractivity contribution in [3.8, 4) is 0 Å². The van der Waals surface area contributed by atoms with Gasteiger partial charge in [0.15, 0.2) is 0 Å². The average Bonchev–Trinajstić information content (AvgIpc) is 2.83. The molecule has 2 unspecified atom stereocenters. The predicted molar refractivity (Wildman–Crippen MR) is 68.9 cm³/mol. The van der Waals surface area contributed by atoms with E-state index in [1.165, 1.54) is 25.3 Å². The van der Waals surface area contributed by atoms with Crippen molar-refractivity contribution in [1.82, 2.24) is 0 Å². The van der Waals surface area contributed by atoms with E-state index in [-0.39, 0.29) is 5.02 Å². The molecule has 0 spiro atoms. The topological polar surface area (TPSA) is 29.3 Å². The highest BCUT2D eigenvalue weighted by Gasteiger charge is 2.36. The quantitative estimate of drug-likeness (QED) is 0.780. The summed E-state index contributed by atoms with van der Waals surface area (Å²) < 4.78 is 13.2. The predicted octanol–water partition coefficient (Wildman–Crippen LogP) is 3.30. The molecule has 3 rings (SSSR count). The summed E-state index contributed by atoms with van der Waals surface area (Å²) in [6, 6.07) is 2.99. The zero-order valence-electron chi connectivity index (χ0n) is 9.63. The van der Waals surface area contributed by atoms with Crippen LogP contribution >= 0.6 is 11.6 Å².